The number of nitrogens with zero attached hydrogens (tertiary/aromatic N) is 2. The van der Waals surface area contributed by atoms with Crippen LogP contribution < -0.4 is 0 Å². The van der Waals surface area contributed by atoms with Crippen LogP contribution in [0, 0.1) is 6.85 Å². The number of halogens is 1. The maximum Gasteiger partial charge on any atom is 0.105 e. The second kappa shape index (κ2) is 3.58. The number of benzene rings is 1. The summed E-state index contributed by atoms with van der Waals surface area (Å²) in [6, 6.07) is 6.79. The Labute approximate surface area is 102 Å². The molecule has 72 valence electrons. The average molecular weight is 258 g/mol. The molecule has 0 bridgehead atoms. The third-order valence-electron chi connectivity index (χ3n) is 1.78. The summed E-state index contributed by atoms with van der Waals surface area (Å²) in [5.41, 5.74) is 0.487. The van der Waals surface area contributed by atoms with Crippen LogP contribution in [0.2, 0.25) is 0 Å². The van der Waals surface area contributed by atoms with Gasteiger partial charge < -0.3 is 4.57 Å². The Kier molecular flexibility index (Phi) is 1.07. The van der Waals surface area contributed by atoms with E-state index in [1.165, 1.54) is 0 Å². The van der Waals surface area contributed by atoms with Crippen molar-refractivity contribution in [2.45, 2.75) is 6.85 Å². The van der Waals surface area contributed by atoms with Gasteiger partial charge in [0.25, 0.3) is 0 Å². The third kappa shape index (κ3) is 1.60. The quantitative estimate of drug-likeness (QED) is 0.768. The first kappa shape index (κ1) is 4.19. The Balaban J connectivity index is 2.77. The van der Waals surface area contributed by atoms with Crippen molar-refractivity contribution in [3.05, 3.63) is 40.7 Å². The summed E-state index contributed by atoms with van der Waals surface area (Å²) in [4.78, 5) is 3.90. The van der Waals surface area contributed by atoms with Gasteiger partial charge in [-0.2, -0.15) is 0 Å². The van der Waals surface area contributed by atoms with Gasteiger partial charge >= 0.3 is 0 Å². The van der Waals surface area contributed by atoms with E-state index < -0.39 is 25.8 Å². The molecule has 2 rings (SSSR count). The molecule has 1 aromatic heterocycles. The molecule has 1 aromatic carbocycles. The first-order chi connectivity index (χ1) is 9.53. The van der Waals surface area contributed by atoms with Crippen molar-refractivity contribution in [3.63, 3.8) is 0 Å². The maximum atomic E-state index is 8.01. The standard InChI is InChI=1S/C11H11BrN2/c1-8-13-11(7-14(8)2)9-5-3-4-6-10(9)12/h3-7H,1-2H3/i1D3,2D3,7D. The molecule has 0 aliphatic carbocycles. The van der Waals surface area contributed by atoms with Crippen molar-refractivity contribution in [1.82, 2.24) is 9.55 Å². The van der Waals surface area contributed by atoms with Gasteiger partial charge in [-0.3, -0.25) is 0 Å². The Morgan fingerprint density at radius 2 is 2.36 bits per heavy atom. The minimum atomic E-state index is -2.78. The van der Waals surface area contributed by atoms with Gasteiger partial charge in [0.1, 0.15) is 5.82 Å². The lowest BCUT2D eigenvalue weighted by atomic mass is 10.2. The van der Waals surface area contributed by atoms with Crippen molar-refractivity contribution in [2.24, 2.45) is 6.98 Å². The van der Waals surface area contributed by atoms with Gasteiger partial charge in [0.05, 0.1) is 7.06 Å². The van der Waals surface area contributed by atoms with Crippen molar-refractivity contribution in [1.29, 1.82) is 0 Å². The molecule has 2 aromatic rings. The number of hydrogen-bond donors (Lipinski definition) is 0. The number of rotatable bonds is 1. The summed E-state index contributed by atoms with van der Waals surface area (Å²) in [5.74, 6) is -0.613. The average Bonchev–Trinajstić information content (AvgIpc) is 2.67. The lowest BCUT2D eigenvalue weighted by Crippen LogP contribution is -1.86. The minimum Gasteiger partial charge on any atom is -0.338 e. The monoisotopic (exact) mass is 257 g/mol. The number of hydrogen-bond acceptors (Lipinski definition) is 1. The molecule has 0 saturated heterocycles. The Morgan fingerprint density at radius 3 is 3.00 bits per heavy atom. The van der Waals surface area contributed by atoms with Crippen LogP contribution in [0.25, 0.3) is 11.3 Å². The van der Waals surface area contributed by atoms with Crippen LogP contribution in [0.1, 0.15) is 15.4 Å². The first-order valence-electron chi connectivity index (χ1n) is 7.38. The van der Waals surface area contributed by atoms with E-state index in [0.29, 0.717) is 14.6 Å². The molecular weight excluding hydrogens is 240 g/mol. The molecule has 0 fully saturated rings. The van der Waals surface area contributed by atoms with Crippen LogP contribution in [0.5, 0.6) is 0 Å². The summed E-state index contributed by atoms with van der Waals surface area (Å²) in [6.45, 7) is -5.50. The van der Waals surface area contributed by atoms with Crippen molar-refractivity contribution < 1.29 is 9.60 Å². The minimum absolute atomic E-state index is 0.0183. The second-order valence-corrected chi connectivity index (χ2v) is 3.57. The van der Waals surface area contributed by atoms with E-state index in [0.717, 1.165) is 0 Å². The highest BCUT2D eigenvalue weighted by Crippen LogP contribution is 2.26. The molecule has 2 nitrogen and oxygen atoms in total. The molecule has 0 amide bonds. The van der Waals surface area contributed by atoms with Crippen molar-refractivity contribution in [3.8, 4) is 11.3 Å². The van der Waals surface area contributed by atoms with Crippen LogP contribution in [0.4, 0.5) is 0 Å². The predicted molar refractivity (Wildman–Crippen MR) is 61.1 cm³/mol. The molecule has 14 heavy (non-hydrogen) atoms. The molecular formula is C11H11BrN2. The number of aromatic nitrogens is 2. The molecule has 0 aliphatic heterocycles. The van der Waals surface area contributed by atoms with E-state index in [9.17, 15) is 0 Å². The Hall–Kier alpha value is -1.09. The van der Waals surface area contributed by atoms with Gasteiger partial charge in [-0.1, -0.05) is 34.1 Å². The molecule has 1 heterocycles. The van der Waals surface area contributed by atoms with Gasteiger partial charge in [0, 0.05) is 31.4 Å². The van der Waals surface area contributed by atoms with Gasteiger partial charge in [-0.25, -0.2) is 4.98 Å². The van der Waals surface area contributed by atoms with Gasteiger partial charge in [-0.05, 0) is 12.9 Å². The van der Waals surface area contributed by atoms with Crippen LogP contribution in [0.15, 0.2) is 34.9 Å². The summed E-state index contributed by atoms with van der Waals surface area (Å²) in [5, 5.41) is 0. The SMILES string of the molecule is [2H]c1c(-c2ccccc2Br)nc(C([2H])([2H])[2H])n1C([2H])([2H])[2H]. The van der Waals surface area contributed by atoms with E-state index in [1.54, 1.807) is 24.3 Å². The predicted octanol–water partition coefficient (Wildman–Crippen LogP) is 3.16. The number of imidazole rings is 1. The molecule has 0 N–H and O–H groups in total. The highest BCUT2D eigenvalue weighted by atomic mass is 79.9. The Morgan fingerprint density at radius 1 is 1.50 bits per heavy atom. The van der Waals surface area contributed by atoms with E-state index in [4.69, 9.17) is 9.60 Å². The zero-order valence-electron chi connectivity index (χ0n) is 14.1. The lowest BCUT2D eigenvalue weighted by Gasteiger charge is -1.98. The normalized spacial score (nSPS) is 19.6. The van der Waals surface area contributed by atoms with Gasteiger partial charge in [-0.15, -0.1) is 0 Å². The summed E-state index contributed by atoms with van der Waals surface area (Å²) in [6.07, 6.45) is -0.451. The van der Waals surface area contributed by atoms with Crippen LogP contribution in [0.3, 0.4) is 0 Å². The van der Waals surface area contributed by atoms with Gasteiger partial charge in [0.15, 0.2) is 0 Å². The lowest BCUT2D eigenvalue weighted by molar-refractivity contribution is 0.858. The molecule has 0 atom stereocenters. The number of aryl methyl sites for hydroxylation is 1. The van der Waals surface area contributed by atoms with Crippen LogP contribution in [-0.4, -0.2) is 9.55 Å². The zero-order chi connectivity index (χ0) is 16.0. The summed E-state index contributed by atoms with van der Waals surface area (Å²) >= 11 is 3.29. The maximum absolute atomic E-state index is 8.01. The van der Waals surface area contributed by atoms with Crippen molar-refractivity contribution >= 4 is 15.9 Å². The first-order valence-corrected chi connectivity index (χ1v) is 4.68. The summed E-state index contributed by atoms with van der Waals surface area (Å²) in [7, 11) is 0. The smallest absolute Gasteiger partial charge is 0.105 e. The molecule has 0 spiro atoms. The van der Waals surface area contributed by atoms with E-state index >= 15 is 0 Å². The molecule has 3 heteroatoms. The zero-order valence-corrected chi connectivity index (χ0v) is 8.67. The largest absolute Gasteiger partial charge is 0.338 e. The third-order valence-corrected chi connectivity index (χ3v) is 2.47. The fourth-order valence-corrected chi connectivity index (χ4v) is 1.59. The fourth-order valence-electron chi connectivity index (χ4n) is 1.11. The van der Waals surface area contributed by atoms with Crippen LogP contribution in [-0.2, 0) is 6.98 Å². The fraction of sp³-hybridized carbons (Fsp3) is 0.182. The second-order valence-electron chi connectivity index (χ2n) is 2.71. The molecule has 0 radical (unpaired) electrons. The topological polar surface area (TPSA) is 17.8 Å². The van der Waals surface area contributed by atoms with Crippen LogP contribution >= 0.6 is 15.9 Å². The summed E-state index contributed by atoms with van der Waals surface area (Å²) < 4.78 is 53.7. The molecule has 0 aliphatic rings. The van der Waals surface area contributed by atoms with Gasteiger partial charge in [0.2, 0.25) is 0 Å². The van der Waals surface area contributed by atoms with E-state index in [1.807, 2.05) is 0 Å². The Bertz CT molecular complexity index is 672. The van der Waals surface area contributed by atoms with Crippen molar-refractivity contribution in [2.75, 3.05) is 0 Å². The molecule has 0 saturated carbocycles. The van der Waals surface area contributed by atoms with E-state index in [-0.39, 0.29) is 5.69 Å². The highest BCUT2D eigenvalue weighted by Gasteiger charge is 2.06. The van der Waals surface area contributed by atoms with E-state index in [2.05, 4.69) is 20.9 Å². The molecule has 0 unspecified atom stereocenters. The highest BCUT2D eigenvalue weighted by molar-refractivity contribution is 9.10.